The zero-order valence-corrected chi connectivity index (χ0v) is 17.7. The summed E-state index contributed by atoms with van der Waals surface area (Å²) < 4.78 is 5.96. The van der Waals surface area contributed by atoms with E-state index < -0.39 is 0 Å². The van der Waals surface area contributed by atoms with E-state index in [0.717, 1.165) is 37.8 Å². The van der Waals surface area contributed by atoms with Crippen LogP contribution in [-0.4, -0.2) is 56.2 Å². The van der Waals surface area contributed by atoms with Gasteiger partial charge in [0, 0.05) is 32.6 Å². The number of hydrogen-bond donors (Lipinski definition) is 2. The SMILES string of the molecule is CN=C(NCCN1CCCCC1C)NCC1Cc2ccccc2O1.I. The van der Waals surface area contributed by atoms with Crippen LogP contribution in [0.2, 0.25) is 0 Å². The van der Waals surface area contributed by atoms with Gasteiger partial charge in [-0.2, -0.15) is 0 Å². The molecule has 2 aliphatic heterocycles. The number of benzene rings is 1. The number of halogens is 1. The first-order valence-corrected chi connectivity index (χ1v) is 9.19. The van der Waals surface area contributed by atoms with E-state index in [0.29, 0.717) is 6.04 Å². The fourth-order valence-electron chi connectivity index (χ4n) is 3.61. The Morgan fingerprint density at radius 2 is 2.12 bits per heavy atom. The highest BCUT2D eigenvalue weighted by molar-refractivity contribution is 14.0. The third-order valence-electron chi connectivity index (χ3n) is 5.07. The minimum absolute atomic E-state index is 0. The number of guanidine groups is 1. The summed E-state index contributed by atoms with van der Waals surface area (Å²) in [6, 6.07) is 8.99. The van der Waals surface area contributed by atoms with Gasteiger partial charge >= 0.3 is 0 Å². The van der Waals surface area contributed by atoms with Crippen molar-refractivity contribution in [2.75, 3.05) is 33.2 Å². The van der Waals surface area contributed by atoms with Gasteiger partial charge in [-0.15, -0.1) is 24.0 Å². The summed E-state index contributed by atoms with van der Waals surface area (Å²) in [5.41, 5.74) is 1.30. The Labute approximate surface area is 168 Å². The first kappa shape index (κ1) is 20.3. The molecule has 140 valence electrons. The minimum Gasteiger partial charge on any atom is -0.488 e. The van der Waals surface area contributed by atoms with E-state index in [1.165, 1.54) is 31.4 Å². The molecule has 2 heterocycles. The topological polar surface area (TPSA) is 48.9 Å². The van der Waals surface area contributed by atoms with Gasteiger partial charge in [0.25, 0.3) is 0 Å². The van der Waals surface area contributed by atoms with E-state index in [1.54, 1.807) is 0 Å². The minimum atomic E-state index is 0. The van der Waals surface area contributed by atoms with Crippen LogP contribution in [0.3, 0.4) is 0 Å². The van der Waals surface area contributed by atoms with Gasteiger partial charge in [0.1, 0.15) is 11.9 Å². The van der Waals surface area contributed by atoms with E-state index in [4.69, 9.17) is 4.74 Å². The molecular formula is C19H31IN4O. The molecule has 1 saturated heterocycles. The van der Waals surface area contributed by atoms with Gasteiger partial charge in [0.15, 0.2) is 5.96 Å². The fraction of sp³-hybridized carbons (Fsp3) is 0.632. The normalized spacial score (nSPS) is 23.4. The number of para-hydroxylation sites is 1. The van der Waals surface area contributed by atoms with Gasteiger partial charge in [0.05, 0.1) is 6.54 Å². The highest BCUT2D eigenvalue weighted by atomic mass is 127. The standard InChI is InChI=1S/C19H30N4O.HI/c1-15-7-5-6-11-23(15)12-10-21-19(20-2)22-14-17-13-16-8-3-4-9-18(16)24-17;/h3-4,8-9,15,17H,5-7,10-14H2,1-2H3,(H2,20,21,22);1H. The van der Waals surface area contributed by atoms with Gasteiger partial charge < -0.3 is 15.4 Å². The second-order valence-electron chi connectivity index (χ2n) is 6.81. The van der Waals surface area contributed by atoms with Crippen molar-refractivity contribution in [1.82, 2.24) is 15.5 Å². The van der Waals surface area contributed by atoms with Crippen LogP contribution in [0.25, 0.3) is 0 Å². The van der Waals surface area contributed by atoms with Crippen LogP contribution < -0.4 is 15.4 Å². The van der Waals surface area contributed by atoms with Crippen molar-refractivity contribution < 1.29 is 4.74 Å². The molecule has 0 saturated carbocycles. The third kappa shape index (κ3) is 5.74. The van der Waals surface area contributed by atoms with Crippen molar-refractivity contribution >= 4 is 29.9 Å². The van der Waals surface area contributed by atoms with Crippen LogP contribution in [0.1, 0.15) is 31.7 Å². The number of likely N-dealkylation sites (tertiary alicyclic amines) is 1. The molecule has 2 unspecified atom stereocenters. The molecule has 5 nitrogen and oxygen atoms in total. The number of rotatable bonds is 5. The Hall–Kier alpha value is -1.02. The average Bonchev–Trinajstić information content (AvgIpc) is 3.02. The average molecular weight is 458 g/mol. The van der Waals surface area contributed by atoms with Crippen molar-refractivity contribution in [3.63, 3.8) is 0 Å². The maximum absolute atomic E-state index is 5.96. The molecule has 6 heteroatoms. The van der Waals surface area contributed by atoms with E-state index in [2.05, 4.69) is 39.6 Å². The molecule has 2 atom stereocenters. The smallest absolute Gasteiger partial charge is 0.191 e. The summed E-state index contributed by atoms with van der Waals surface area (Å²) in [5, 5.41) is 6.81. The monoisotopic (exact) mass is 458 g/mol. The summed E-state index contributed by atoms with van der Waals surface area (Å²) in [6.45, 7) is 6.34. The molecule has 0 spiro atoms. The van der Waals surface area contributed by atoms with Crippen molar-refractivity contribution in [3.05, 3.63) is 29.8 Å². The first-order valence-electron chi connectivity index (χ1n) is 9.19. The van der Waals surface area contributed by atoms with Crippen LogP contribution in [0.4, 0.5) is 0 Å². The number of nitrogens with one attached hydrogen (secondary N) is 2. The summed E-state index contributed by atoms with van der Waals surface area (Å²) in [4.78, 5) is 6.89. The Balaban J connectivity index is 0.00000225. The number of fused-ring (bicyclic) bond motifs is 1. The largest absolute Gasteiger partial charge is 0.488 e. The van der Waals surface area contributed by atoms with Gasteiger partial charge in [-0.3, -0.25) is 9.89 Å². The molecule has 3 rings (SSSR count). The van der Waals surface area contributed by atoms with Crippen molar-refractivity contribution in [1.29, 1.82) is 0 Å². The predicted molar refractivity (Wildman–Crippen MR) is 114 cm³/mol. The maximum atomic E-state index is 5.96. The van der Waals surface area contributed by atoms with Gasteiger partial charge in [0.2, 0.25) is 0 Å². The molecule has 0 aliphatic carbocycles. The lowest BCUT2D eigenvalue weighted by Crippen LogP contribution is -2.46. The Kier molecular flexibility index (Phi) is 8.29. The highest BCUT2D eigenvalue weighted by Gasteiger charge is 2.22. The van der Waals surface area contributed by atoms with Crippen molar-refractivity contribution in [3.8, 4) is 5.75 Å². The lowest BCUT2D eigenvalue weighted by molar-refractivity contribution is 0.163. The van der Waals surface area contributed by atoms with Gasteiger partial charge in [-0.25, -0.2) is 0 Å². The fourth-order valence-corrected chi connectivity index (χ4v) is 3.61. The molecule has 1 fully saturated rings. The van der Waals surface area contributed by atoms with Crippen LogP contribution in [0.15, 0.2) is 29.3 Å². The lowest BCUT2D eigenvalue weighted by Gasteiger charge is -2.33. The summed E-state index contributed by atoms with van der Waals surface area (Å²) in [7, 11) is 1.82. The van der Waals surface area contributed by atoms with E-state index in [-0.39, 0.29) is 30.1 Å². The molecular weight excluding hydrogens is 427 g/mol. The molecule has 2 aliphatic rings. The van der Waals surface area contributed by atoms with E-state index in [1.807, 2.05) is 19.2 Å². The van der Waals surface area contributed by atoms with Crippen LogP contribution in [0.5, 0.6) is 5.75 Å². The van der Waals surface area contributed by atoms with Crippen molar-refractivity contribution in [2.24, 2.45) is 4.99 Å². The molecule has 1 aromatic carbocycles. The Bertz CT molecular complexity index is 541. The third-order valence-corrected chi connectivity index (χ3v) is 5.07. The highest BCUT2D eigenvalue weighted by Crippen LogP contribution is 2.27. The molecule has 0 radical (unpaired) electrons. The van der Waals surface area contributed by atoms with E-state index in [9.17, 15) is 0 Å². The van der Waals surface area contributed by atoms with Crippen LogP contribution in [0, 0.1) is 0 Å². The zero-order valence-electron chi connectivity index (χ0n) is 15.3. The maximum Gasteiger partial charge on any atom is 0.191 e. The molecule has 1 aromatic rings. The number of ether oxygens (including phenoxy) is 1. The number of hydrogen-bond acceptors (Lipinski definition) is 3. The summed E-state index contributed by atoms with van der Waals surface area (Å²) >= 11 is 0. The Morgan fingerprint density at radius 1 is 1.28 bits per heavy atom. The number of nitrogens with zero attached hydrogens (tertiary/aromatic N) is 2. The molecule has 0 amide bonds. The Morgan fingerprint density at radius 3 is 2.88 bits per heavy atom. The number of piperidine rings is 1. The molecule has 25 heavy (non-hydrogen) atoms. The van der Waals surface area contributed by atoms with Crippen LogP contribution >= 0.6 is 24.0 Å². The van der Waals surface area contributed by atoms with Gasteiger partial charge in [-0.1, -0.05) is 24.6 Å². The van der Waals surface area contributed by atoms with Gasteiger partial charge in [-0.05, 0) is 37.9 Å². The second-order valence-corrected chi connectivity index (χ2v) is 6.81. The second kappa shape index (κ2) is 10.2. The first-order chi connectivity index (χ1) is 11.8. The van der Waals surface area contributed by atoms with Crippen LogP contribution in [-0.2, 0) is 6.42 Å². The molecule has 0 aromatic heterocycles. The lowest BCUT2D eigenvalue weighted by atomic mass is 10.0. The number of aliphatic imine (C=N–C) groups is 1. The molecule has 0 bridgehead atoms. The van der Waals surface area contributed by atoms with E-state index >= 15 is 0 Å². The zero-order chi connectivity index (χ0) is 16.8. The predicted octanol–water partition coefficient (Wildman–Crippen LogP) is 2.65. The quantitative estimate of drug-likeness (QED) is 0.405. The summed E-state index contributed by atoms with van der Waals surface area (Å²) in [6.07, 6.45) is 5.18. The molecule has 2 N–H and O–H groups in total. The van der Waals surface area contributed by atoms with Crippen molar-refractivity contribution in [2.45, 2.75) is 44.8 Å². The summed E-state index contributed by atoms with van der Waals surface area (Å²) in [5.74, 6) is 1.88.